The summed E-state index contributed by atoms with van der Waals surface area (Å²) < 4.78 is 11.0. The van der Waals surface area contributed by atoms with E-state index < -0.39 is 0 Å². The van der Waals surface area contributed by atoms with Crippen molar-refractivity contribution in [2.75, 3.05) is 12.4 Å². The smallest absolute Gasteiger partial charge is 0.149 e. The van der Waals surface area contributed by atoms with Gasteiger partial charge in [-0.3, -0.25) is 0 Å². The second kappa shape index (κ2) is 8.80. The Morgan fingerprint density at radius 2 is 1.43 bits per heavy atom. The van der Waals surface area contributed by atoms with Gasteiger partial charge in [0.1, 0.15) is 29.1 Å². The highest BCUT2D eigenvalue weighted by Gasteiger charge is 2.08. The van der Waals surface area contributed by atoms with E-state index in [4.69, 9.17) is 9.47 Å². The highest BCUT2D eigenvalue weighted by atomic mass is 16.5. The van der Waals surface area contributed by atoms with Gasteiger partial charge in [-0.15, -0.1) is 0 Å². The normalized spacial score (nSPS) is 10.1. The first-order valence-electron chi connectivity index (χ1n) is 9.41. The lowest BCUT2D eigenvalue weighted by molar-refractivity contribution is 0.415. The molecule has 0 radical (unpaired) electrons. The molecule has 0 saturated heterocycles. The number of methoxy groups -OCH3 is 1. The molecule has 0 saturated carbocycles. The van der Waals surface area contributed by atoms with Gasteiger partial charge in [0.25, 0.3) is 0 Å². The number of hydrogen-bond donors (Lipinski definition) is 1. The molecule has 0 aliphatic carbocycles. The van der Waals surface area contributed by atoms with E-state index in [-0.39, 0.29) is 0 Å². The Bertz CT molecular complexity index is 1170. The molecule has 1 N–H and O–H groups in total. The fourth-order valence-corrected chi connectivity index (χ4v) is 2.93. The number of para-hydroxylation sites is 1. The van der Waals surface area contributed by atoms with Gasteiger partial charge < -0.3 is 14.8 Å². The third-order valence-corrected chi connectivity index (χ3v) is 4.50. The van der Waals surface area contributed by atoms with Crippen LogP contribution in [-0.4, -0.2) is 12.1 Å². The summed E-state index contributed by atoms with van der Waals surface area (Å²) in [6, 6.07) is 30.6. The highest BCUT2D eigenvalue weighted by Crippen LogP contribution is 2.27. The first kappa shape index (κ1) is 19.0. The van der Waals surface area contributed by atoms with Crippen LogP contribution in [0.2, 0.25) is 0 Å². The van der Waals surface area contributed by atoms with Crippen LogP contribution in [0.5, 0.6) is 17.2 Å². The molecule has 0 fully saturated rings. The van der Waals surface area contributed by atoms with Gasteiger partial charge in [0.05, 0.1) is 18.4 Å². The second-order valence-electron chi connectivity index (χ2n) is 6.50. The lowest BCUT2D eigenvalue weighted by atomic mass is 10.1. The van der Waals surface area contributed by atoms with Crippen molar-refractivity contribution in [2.45, 2.75) is 0 Å². The van der Waals surface area contributed by atoms with Crippen molar-refractivity contribution >= 4 is 11.5 Å². The maximum absolute atomic E-state index is 9.47. The maximum Gasteiger partial charge on any atom is 0.149 e. The Labute approximate surface area is 175 Å². The largest absolute Gasteiger partial charge is 0.497 e. The van der Waals surface area contributed by atoms with Crippen LogP contribution in [0, 0.1) is 11.3 Å². The Balaban J connectivity index is 1.55. The zero-order chi connectivity index (χ0) is 20.8. The Hall–Kier alpha value is -4.30. The van der Waals surface area contributed by atoms with Crippen molar-refractivity contribution in [3.05, 3.63) is 96.6 Å². The van der Waals surface area contributed by atoms with Crippen molar-refractivity contribution in [2.24, 2.45) is 0 Å². The SMILES string of the molecule is COc1ccc(-c2ccc(C#N)c(Nc3ccc(Oc4ccccc4)cc3)n2)cc1. The first-order chi connectivity index (χ1) is 14.7. The van der Waals surface area contributed by atoms with Gasteiger partial charge in [-0.2, -0.15) is 5.26 Å². The topological polar surface area (TPSA) is 67.2 Å². The van der Waals surface area contributed by atoms with Gasteiger partial charge >= 0.3 is 0 Å². The Kier molecular flexibility index (Phi) is 5.59. The van der Waals surface area contributed by atoms with E-state index in [2.05, 4.69) is 16.4 Å². The molecule has 1 heterocycles. The summed E-state index contributed by atoms with van der Waals surface area (Å²) in [5.74, 6) is 2.79. The van der Waals surface area contributed by atoms with Crippen LogP contribution in [0.1, 0.15) is 5.56 Å². The van der Waals surface area contributed by atoms with Crippen LogP contribution in [0.4, 0.5) is 11.5 Å². The van der Waals surface area contributed by atoms with Crippen molar-refractivity contribution < 1.29 is 9.47 Å². The number of ether oxygens (including phenoxy) is 2. The second-order valence-corrected chi connectivity index (χ2v) is 6.50. The molecule has 0 unspecified atom stereocenters. The van der Waals surface area contributed by atoms with Gasteiger partial charge in [-0.05, 0) is 72.8 Å². The zero-order valence-electron chi connectivity index (χ0n) is 16.4. The monoisotopic (exact) mass is 393 g/mol. The van der Waals surface area contributed by atoms with Crippen molar-refractivity contribution in [3.63, 3.8) is 0 Å². The summed E-state index contributed by atoms with van der Waals surface area (Å²) in [7, 11) is 1.63. The Morgan fingerprint density at radius 1 is 0.767 bits per heavy atom. The van der Waals surface area contributed by atoms with E-state index in [1.165, 1.54) is 0 Å². The summed E-state index contributed by atoms with van der Waals surface area (Å²) in [6.07, 6.45) is 0. The van der Waals surface area contributed by atoms with Crippen molar-refractivity contribution in [3.8, 4) is 34.6 Å². The molecule has 0 spiro atoms. The van der Waals surface area contributed by atoms with Gasteiger partial charge in [-0.1, -0.05) is 18.2 Å². The molecule has 0 aliphatic heterocycles. The molecular formula is C25H19N3O2. The first-order valence-corrected chi connectivity index (χ1v) is 9.41. The van der Waals surface area contributed by atoms with Gasteiger partial charge in [0.15, 0.2) is 0 Å². The van der Waals surface area contributed by atoms with Crippen LogP contribution in [0.3, 0.4) is 0 Å². The standard InChI is InChI=1S/C25H19N3O2/c1-29-21-12-7-18(8-13-21)24-16-9-19(17-26)25(28-24)27-20-10-14-23(15-11-20)30-22-5-3-2-4-6-22/h2-16H,1H3,(H,27,28). The molecule has 0 bridgehead atoms. The zero-order valence-corrected chi connectivity index (χ0v) is 16.4. The van der Waals surface area contributed by atoms with E-state index >= 15 is 0 Å². The van der Waals surface area contributed by atoms with E-state index in [0.717, 1.165) is 34.2 Å². The van der Waals surface area contributed by atoms with Crippen LogP contribution in [-0.2, 0) is 0 Å². The summed E-state index contributed by atoms with van der Waals surface area (Å²) in [4.78, 5) is 4.65. The molecule has 4 rings (SSSR count). The third-order valence-electron chi connectivity index (χ3n) is 4.50. The summed E-state index contributed by atoms with van der Waals surface area (Å²) in [6.45, 7) is 0. The summed E-state index contributed by atoms with van der Waals surface area (Å²) in [5, 5.41) is 12.7. The van der Waals surface area contributed by atoms with Crippen LogP contribution >= 0.6 is 0 Å². The maximum atomic E-state index is 9.47. The van der Waals surface area contributed by atoms with Gasteiger partial charge in [0, 0.05) is 11.3 Å². The lowest BCUT2D eigenvalue weighted by Gasteiger charge is -2.11. The molecule has 3 aromatic carbocycles. The minimum atomic E-state index is 0.469. The number of aromatic nitrogens is 1. The predicted molar refractivity (Wildman–Crippen MR) is 117 cm³/mol. The average Bonchev–Trinajstić information content (AvgIpc) is 2.81. The molecular weight excluding hydrogens is 374 g/mol. The third kappa shape index (κ3) is 4.40. The van der Waals surface area contributed by atoms with Crippen LogP contribution in [0.15, 0.2) is 91.0 Å². The molecule has 30 heavy (non-hydrogen) atoms. The van der Waals surface area contributed by atoms with Crippen molar-refractivity contribution in [1.82, 2.24) is 4.98 Å². The molecule has 4 aromatic rings. The predicted octanol–water partition coefficient (Wildman–Crippen LogP) is 6.16. The van der Waals surface area contributed by atoms with Crippen LogP contribution in [0.25, 0.3) is 11.3 Å². The fourth-order valence-electron chi connectivity index (χ4n) is 2.93. The summed E-state index contributed by atoms with van der Waals surface area (Å²) >= 11 is 0. The van der Waals surface area contributed by atoms with E-state index in [1.54, 1.807) is 13.2 Å². The molecule has 146 valence electrons. The Morgan fingerprint density at radius 3 is 2.10 bits per heavy atom. The van der Waals surface area contributed by atoms with Crippen molar-refractivity contribution in [1.29, 1.82) is 5.26 Å². The van der Waals surface area contributed by atoms with Crippen LogP contribution < -0.4 is 14.8 Å². The van der Waals surface area contributed by atoms with E-state index in [1.807, 2.05) is 84.9 Å². The summed E-state index contributed by atoms with van der Waals surface area (Å²) in [5.41, 5.74) is 2.99. The molecule has 0 amide bonds. The molecule has 0 atom stereocenters. The van der Waals surface area contributed by atoms with E-state index in [9.17, 15) is 5.26 Å². The number of nitrogens with one attached hydrogen (secondary N) is 1. The van der Waals surface area contributed by atoms with E-state index in [0.29, 0.717) is 11.4 Å². The quantitative estimate of drug-likeness (QED) is 0.425. The number of hydrogen-bond acceptors (Lipinski definition) is 5. The molecule has 5 heteroatoms. The lowest BCUT2D eigenvalue weighted by Crippen LogP contribution is -1.98. The minimum Gasteiger partial charge on any atom is -0.497 e. The molecule has 0 aliphatic rings. The molecule has 1 aromatic heterocycles. The number of anilines is 2. The van der Waals surface area contributed by atoms with Gasteiger partial charge in [0.2, 0.25) is 0 Å². The number of pyridine rings is 1. The number of rotatable bonds is 6. The minimum absolute atomic E-state index is 0.469. The number of benzene rings is 3. The highest BCUT2D eigenvalue weighted by molar-refractivity contribution is 5.69. The van der Waals surface area contributed by atoms with Gasteiger partial charge in [-0.25, -0.2) is 4.98 Å². The molecule has 5 nitrogen and oxygen atoms in total. The number of nitriles is 1. The fraction of sp³-hybridized carbons (Fsp3) is 0.0400. The number of nitrogens with zero attached hydrogens (tertiary/aromatic N) is 2. The average molecular weight is 393 g/mol.